The number of aromatic carboxylic acids is 1. The molecule has 28 heteroatoms. The minimum absolute atomic E-state index is 0. The zero-order valence-electron chi connectivity index (χ0n) is 61.5. The van der Waals surface area contributed by atoms with E-state index in [0.717, 1.165) is 28.9 Å². The van der Waals surface area contributed by atoms with Gasteiger partial charge in [0.05, 0.1) is 55.9 Å². The SMILES string of the molecule is CC(=O)c1ccc(C)c(B2OC(C)(C)C(C)(C)O2)c1.CNC(=O)c1c(-c2ccc(F)cc2)oc2ccc(-c3cc(C(=O)O)ccc3C)c(F)c12.CNC(=O)c1c(-c2ccc(F)cc2)oc2ccc(-c3cc(C(C)=O)ccc3C)c(F)c12.CNC(=O)c1c(-c2ccc(F)cc2)oc2ccc(OS(C)(=O)=O)c(F)c12.[Na+].[OH-]. The molecular weight excluding hydrogens is 1450 g/mol. The van der Waals surface area contributed by atoms with E-state index >= 15 is 8.78 Å². The van der Waals surface area contributed by atoms with Gasteiger partial charge in [0, 0.05) is 60.1 Å². The van der Waals surface area contributed by atoms with Gasteiger partial charge in [0.2, 0.25) is 0 Å². The molecule has 5 N–H and O–H groups in total. The number of hydrogen-bond acceptors (Lipinski definition) is 15. The Balaban J connectivity index is 0.000000184. The zero-order chi connectivity index (χ0) is 78.0. The molecule has 558 valence electrons. The maximum atomic E-state index is 15.8. The maximum Gasteiger partial charge on any atom is 1.00 e. The molecule has 3 amide bonds. The van der Waals surface area contributed by atoms with Crippen molar-refractivity contribution in [3.05, 3.63) is 249 Å². The van der Waals surface area contributed by atoms with Gasteiger partial charge in [0.15, 0.2) is 23.1 Å². The molecule has 1 saturated heterocycles. The zero-order valence-corrected chi connectivity index (χ0v) is 64.3. The minimum Gasteiger partial charge on any atom is -0.870 e. The molecule has 0 saturated carbocycles. The Morgan fingerprint density at radius 3 is 1.10 bits per heavy atom. The van der Waals surface area contributed by atoms with Crippen LogP contribution >= 0.6 is 0 Å². The monoisotopic (exact) mass is 1520 g/mol. The number of carboxylic acid groups (broad SMARTS) is 1. The number of carbonyl (C=O) groups excluding carboxylic acids is 5. The first-order chi connectivity index (χ1) is 50.5. The fourth-order valence-corrected chi connectivity index (χ4v) is 12.2. The van der Waals surface area contributed by atoms with E-state index in [9.17, 15) is 59.9 Å². The van der Waals surface area contributed by atoms with E-state index in [1.54, 1.807) is 50.2 Å². The summed E-state index contributed by atoms with van der Waals surface area (Å²) in [4.78, 5) is 72.4. The van der Waals surface area contributed by atoms with Crippen LogP contribution in [-0.4, -0.2) is 100.0 Å². The number of furan rings is 3. The molecular formula is C81H71BF6N3NaO16S. The van der Waals surface area contributed by atoms with Gasteiger partial charge in [-0.1, -0.05) is 42.0 Å². The molecule has 0 spiro atoms. The second-order valence-corrected chi connectivity index (χ2v) is 27.5. The summed E-state index contributed by atoms with van der Waals surface area (Å²) in [6.45, 7) is 16.7. The molecule has 9 aromatic carbocycles. The van der Waals surface area contributed by atoms with Crippen LogP contribution in [0.25, 0.3) is 89.1 Å². The number of Topliss-reactive ketones (excluding diaryl/α,β-unsaturated/α-hetero) is 2. The number of hydrogen-bond donors (Lipinski definition) is 4. The van der Waals surface area contributed by atoms with Gasteiger partial charge < -0.3 is 53.3 Å². The number of halogens is 6. The molecule has 0 unspecified atom stereocenters. The second-order valence-electron chi connectivity index (χ2n) is 26.0. The van der Waals surface area contributed by atoms with Crippen molar-refractivity contribution in [2.75, 3.05) is 27.4 Å². The van der Waals surface area contributed by atoms with Crippen molar-refractivity contribution in [3.63, 3.8) is 0 Å². The van der Waals surface area contributed by atoms with E-state index in [4.69, 9.17) is 22.6 Å². The first-order valence-electron chi connectivity index (χ1n) is 33.0. The molecule has 1 aliphatic rings. The summed E-state index contributed by atoms with van der Waals surface area (Å²) in [6.07, 6.45) is 0.773. The van der Waals surface area contributed by atoms with Crippen LogP contribution in [-0.2, 0) is 19.4 Å². The molecule has 1 aliphatic heterocycles. The number of carbonyl (C=O) groups is 6. The standard InChI is InChI=1S/C25H19F2NO3.C24H17F2NO4.C17H13F2NO5S.C15H21BO3.Na.H2O/c1-13-4-5-16(14(2)29)12-19(13)18-10-11-20-21(23(18)27)22(25(30)28-3)24(31-20)15-6-8-17(26)9-7-15;1-12-3-4-14(24(29)30)11-17(12)16-9-10-18-19(21(16)26)20(23(28)27-2)22(31-18)13-5-7-15(25)8-6-13;1-20-17(21)14-13-11(7-8-12(15(13)19)25-26(2,22)23)24-16(14)9-3-5-10(18)6-4-9;1-10-7-8-12(11(2)17)9-13(10)16-18-14(3,4)15(5,6)19-16;;/h4-12H,1-3H3,(H,28,30);3-11H,1-2H3,(H,27,28)(H,29,30);3-8H,1-2H3,(H,20,21);7-9H,1-6H3;;1H2/q;;;;+1;/p-1. The molecule has 0 atom stereocenters. The predicted octanol–water partition coefficient (Wildman–Crippen LogP) is 13.7. The van der Waals surface area contributed by atoms with Gasteiger partial charge in [-0.3, -0.25) is 24.0 Å². The number of carboxylic acids is 1. The van der Waals surface area contributed by atoms with Crippen LogP contribution < -0.4 is 55.2 Å². The Morgan fingerprint density at radius 2 is 0.761 bits per heavy atom. The van der Waals surface area contributed by atoms with Crippen LogP contribution in [0, 0.1) is 55.7 Å². The summed E-state index contributed by atoms with van der Waals surface area (Å²) in [6, 6.07) is 39.6. The summed E-state index contributed by atoms with van der Waals surface area (Å²) < 4.78 is 143. The Kier molecular flexibility index (Phi) is 25.9. The third-order valence-electron chi connectivity index (χ3n) is 18.2. The summed E-state index contributed by atoms with van der Waals surface area (Å²) in [5.74, 6) is -6.98. The van der Waals surface area contributed by atoms with Gasteiger partial charge in [0.25, 0.3) is 17.7 Å². The van der Waals surface area contributed by atoms with Gasteiger partial charge >= 0.3 is 52.8 Å². The van der Waals surface area contributed by atoms with Crippen molar-refractivity contribution in [2.45, 2.75) is 73.5 Å². The Bertz CT molecular complexity index is 5440. The predicted molar refractivity (Wildman–Crippen MR) is 396 cm³/mol. The van der Waals surface area contributed by atoms with Crippen molar-refractivity contribution in [1.82, 2.24) is 16.0 Å². The van der Waals surface area contributed by atoms with E-state index in [2.05, 4.69) is 20.1 Å². The third-order valence-corrected chi connectivity index (χ3v) is 18.6. The van der Waals surface area contributed by atoms with E-state index in [-0.39, 0.29) is 141 Å². The number of fused-ring (bicyclic) bond motifs is 3. The van der Waals surface area contributed by atoms with Crippen molar-refractivity contribution < 1.29 is 130 Å². The molecule has 3 aromatic heterocycles. The van der Waals surface area contributed by atoms with Gasteiger partial charge in [-0.25, -0.2) is 31.1 Å². The van der Waals surface area contributed by atoms with Crippen molar-refractivity contribution in [2.24, 2.45) is 0 Å². The Hall–Kier alpha value is -10.9. The Labute approximate surface area is 644 Å². The van der Waals surface area contributed by atoms with Crippen LogP contribution in [0.2, 0.25) is 0 Å². The summed E-state index contributed by atoms with van der Waals surface area (Å²) in [5, 5.41) is 16.4. The maximum absolute atomic E-state index is 15.8. The molecule has 0 aliphatic carbocycles. The molecule has 109 heavy (non-hydrogen) atoms. The quantitative estimate of drug-likeness (QED) is 0.0340. The smallest absolute Gasteiger partial charge is 0.870 e. The van der Waals surface area contributed by atoms with E-state index < -0.39 is 81.6 Å². The third kappa shape index (κ3) is 17.6. The van der Waals surface area contributed by atoms with Gasteiger partial charge in [-0.15, -0.1) is 0 Å². The van der Waals surface area contributed by atoms with E-state index in [1.165, 1.54) is 131 Å². The van der Waals surface area contributed by atoms with Crippen LogP contribution in [0.3, 0.4) is 0 Å². The number of ketones is 2. The summed E-state index contributed by atoms with van der Waals surface area (Å²) in [5.41, 5.74) is 6.70. The van der Waals surface area contributed by atoms with Crippen molar-refractivity contribution in [3.8, 4) is 62.0 Å². The van der Waals surface area contributed by atoms with Crippen molar-refractivity contribution in [1.29, 1.82) is 0 Å². The molecule has 4 heterocycles. The molecule has 1 fully saturated rings. The number of nitrogens with one attached hydrogen (secondary N) is 3. The molecule has 19 nitrogen and oxygen atoms in total. The Morgan fingerprint density at radius 1 is 0.440 bits per heavy atom. The fourth-order valence-electron chi connectivity index (χ4n) is 11.8. The van der Waals surface area contributed by atoms with E-state index in [0.29, 0.717) is 44.5 Å². The topological polar surface area (TPSA) is 290 Å². The van der Waals surface area contributed by atoms with Gasteiger partial charge in [-0.2, -0.15) is 8.42 Å². The summed E-state index contributed by atoms with van der Waals surface area (Å²) in [7, 11) is -0.174. The minimum atomic E-state index is -3.97. The second kappa shape index (κ2) is 33.7. The molecule has 12 aromatic rings. The number of aryl methyl sites for hydroxylation is 3. The van der Waals surface area contributed by atoms with Crippen LogP contribution in [0.1, 0.15) is 120 Å². The van der Waals surface area contributed by atoms with Crippen molar-refractivity contribution >= 4 is 90.9 Å². The fraction of sp³-hybridized carbons (Fsp3) is 0.185. The molecule has 0 bridgehead atoms. The first kappa shape index (κ1) is 83.7. The number of amides is 3. The van der Waals surface area contributed by atoms with Crippen LogP contribution in [0.5, 0.6) is 5.75 Å². The van der Waals surface area contributed by atoms with Crippen LogP contribution in [0.15, 0.2) is 177 Å². The normalized spacial score (nSPS) is 12.6. The van der Waals surface area contributed by atoms with Crippen LogP contribution in [0.4, 0.5) is 26.3 Å². The number of rotatable bonds is 14. The van der Waals surface area contributed by atoms with E-state index in [1.807, 2.05) is 59.7 Å². The average molecular weight is 1520 g/mol. The first-order valence-corrected chi connectivity index (χ1v) is 34.8. The average Bonchev–Trinajstić information content (AvgIpc) is 1.64. The number of benzene rings is 9. The van der Waals surface area contributed by atoms with Gasteiger partial charge in [0.1, 0.15) is 63.1 Å². The van der Waals surface area contributed by atoms with Gasteiger partial charge in [-0.05, 0) is 217 Å². The largest absolute Gasteiger partial charge is 1.00 e. The summed E-state index contributed by atoms with van der Waals surface area (Å²) >= 11 is 0. The molecule has 0 radical (unpaired) electrons. The molecule has 13 rings (SSSR count).